The van der Waals surface area contributed by atoms with Crippen LogP contribution in [0.15, 0.2) is 82.7 Å². The third-order valence-corrected chi connectivity index (χ3v) is 7.27. The maximum Gasteiger partial charge on any atom is 0.264 e. The Kier molecular flexibility index (Phi) is 4.10. The van der Waals surface area contributed by atoms with E-state index in [4.69, 9.17) is 10.1 Å². The summed E-state index contributed by atoms with van der Waals surface area (Å²) in [6.45, 7) is 6.35. The molecule has 0 amide bonds. The molecule has 170 valence electrons. The number of pyridine rings is 1. The van der Waals surface area contributed by atoms with Crippen molar-refractivity contribution in [1.29, 1.82) is 0 Å². The van der Waals surface area contributed by atoms with E-state index in [1.54, 1.807) is 4.40 Å². The molecule has 1 aliphatic rings. The van der Waals surface area contributed by atoms with Gasteiger partial charge in [-0.3, -0.25) is 14.2 Å². The topological polar surface area (TPSA) is 50.0 Å². The van der Waals surface area contributed by atoms with E-state index in [1.165, 1.54) is 5.56 Å². The average molecular weight is 457 g/mol. The number of fused-ring (bicyclic) bond motifs is 4. The predicted molar refractivity (Wildman–Crippen MR) is 144 cm³/mol. The summed E-state index contributed by atoms with van der Waals surface area (Å²) in [7, 11) is 0. The summed E-state index contributed by atoms with van der Waals surface area (Å²) in [5.74, 6) is 0. The van der Waals surface area contributed by atoms with Crippen LogP contribution in [0, 0.1) is 13.8 Å². The molecule has 35 heavy (non-hydrogen) atoms. The number of nitrogens with zero attached hydrogens (tertiary/aromatic N) is 4. The molecule has 0 fully saturated rings. The van der Waals surface area contributed by atoms with Crippen molar-refractivity contribution in [2.45, 2.75) is 33.2 Å². The van der Waals surface area contributed by atoms with Crippen LogP contribution in [0.1, 0.15) is 30.0 Å². The van der Waals surface area contributed by atoms with Crippen molar-refractivity contribution in [3.8, 4) is 0 Å². The Morgan fingerprint density at radius 2 is 1.63 bits per heavy atom. The highest BCUT2D eigenvalue weighted by Crippen LogP contribution is 2.34. The molecule has 0 saturated carbocycles. The summed E-state index contributed by atoms with van der Waals surface area (Å²) in [6.07, 6.45) is 0.846. The zero-order chi connectivity index (χ0) is 23.8. The van der Waals surface area contributed by atoms with Crippen molar-refractivity contribution < 1.29 is 0 Å². The molecule has 0 aliphatic carbocycles. The van der Waals surface area contributed by atoms with Gasteiger partial charge in [0.05, 0.1) is 28.5 Å². The largest absolute Gasteiger partial charge is 0.268 e. The van der Waals surface area contributed by atoms with Crippen LogP contribution in [0.5, 0.6) is 0 Å². The standard InChI is InChI=1S/C30H24N4O/c1-17-7-10-20(11-8-17)34-19(3)16-25(32-34)21-12-13-24-28-22(21)5-4-6-23(28)29-31-26-15-18(2)9-14-27(26)33(29)30(24)35/h4-15,19H,16H2,1-3H3. The van der Waals surface area contributed by atoms with Crippen LogP contribution >= 0.6 is 0 Å². The summed E-state index contributed by atoms with van der Waals surface area (Å²) in [5.41, 5.74) is 7.98. The molecule has 5 heteroatoms. The van der Waals surface area contributed by atoms with Gasteiger partial charge in [-0.1, -0.05) is 48.0 Å². The van der Waals surface area contributed by atoms with Gasteiger partial charge in [0.1, 0.15) is 5.65 Å². The van der Waals surface area contributed by atoms with Crippen molar-refractivity contribution in [1.82, 2.24) is 9.38 Å². The molecule has 1 unspecified atom stereocenters. The monoisotopic (exact) mass is 456 g/mol. The van der Waals surface area contributed by atoms with E-state index in [0.717, 1.165) is 56.1 Å². The molecular weight excluding hydrogens is 432 g/mol. The highest BCUT2D eigenvalue weighted by molar-refractivity contribution is 6.22. The maximum atomic E-state index is 13.7. The minimum atomic E-state index is -0.0235. The van der Waals surface area contributed by atoms with Gasteiger partial charge in [0, 0.05) is 28.1 Å². The zero-order valence-corrected chi connectivity index (χ0v) is 19.9. The Bertz CT molecular complexity index is 1880. The summed E-state index contributed by atoms with van der Waals surface area (Å²) in [6, 6.07) is 25.1. The minimum Gasteiger partial charge on any atom is -0.268 e. The van der Waals surface area contributed by atoms with E-state index in [1.807, 2.05) is 31.2 Å². The van der Waals surface area contributed by atoms with E-state index < -0.39 is 0 Å². The van der Waals surface area contributed by atoms with E-state index in [-0.39, 0.29) is 11.6 Å². The second-order valence-electron chi connectivity index (χ2n) is 9.74. The minimum absolute atomic E-state index is 0.0235. The van der Waals surface area contributed by atoms with E-state index in [0.29, 0.717) is 11.0 Å². The number of benzene rings is 4. The normalized spacial score (nSPS) is 16.3. The van der Waals surface area contributed by atoms with Crippen LogP contribution in [-0.4, -0.2) is 21.1 Å². The Morgan fingerprint density at radius 3 is 2.46 bits per heavy atom. The first-order chi connectivity index (χ1) is 17.0. The molecular formula is C30H24N4O. The lowest BCUT2D eigenvalue weighted by Crippen LogP contribution is -2.22. The first-order valence-corrected chi connectivity index (χ1v) is 12.0. The van der Waals surface area contributed by atoms with Gasteiger partial charge in [-0.2, -0.15) is 5.10 Å². The number of hydrogen-bond acceptors (Lipinski definition) is 4. The number of anilines is 1. The first-order valence-electron chi connectivity index (χ1n) is 12.0. The fraction of sp³-hybridized carbons (Fsp3) is 0.167. The molecule has 0 N–H and O–H groups in total. The zero-order valence-electron chi connectivity index (χ0n) is 19.9. The second-order valence-corrected chi connectivity index (χ2v) is 9.74. The highest BCUT2D eigenvalue weighted by atomic mass is 16.1. The number of aromatic nitrogens is 2. The third kappa shape index (κ3) is 2.84. The molecule has 7 rings (SSSR count). The number of imidazole rings is 1. The lowest BCUT2D eigenvalue weighted by molar-refractivity contribution is 0.724. The first kappa shape index (κ1) is 20.2. The van der Waals surface area contributed by atoms with Gasteiger partial charge in [-0.05, 0) is 62.1 Å². The summed E-state index contributed by atoms with van der Waals surface area (Å²) >= 11 is 0. The van der Waals surface area contributed by atoms with Gasteiger partial charge in [-0.25, -0.2) is 4.98 Å². The molecule has 0 radical (unpaired) electrons. The van der Waals surface area contributed by atoms with Crippen molar-refractivity contribution in [2.24, 2.45) is 5.10 Å². The van der Waals surface area contributed by atoms with Crippen LogP contribution in [0.3, 0.4) is 0 Å². The van der Waals surface area contributed by atoms with E-state index in [2.05, 4.69) is 67.4 Å². The smallest absolute Gasteiger partial charge is 0.264 e. The number of rotatable bonds is 2. The van der Waals surface area contributed by atoms with Crippen molar-refractivity contribution in [3.05, 3.63) is 99.8 Å². The molecule has 5 nitrogen and oxygen atoms in total. The van der Waals surface area contributed by atoms with Crippen LogP contribution in [0.2, 0.25) is 0 Å². The Balaban J connectivity index is 1.48. The Labute approximate surface area is 202 Å². The van der Waals surface area contributed by atoms with Gasteiger partial charge in [0.15, 0.2) is 0 Å². The van der Waals surface area contributed by atoms with Gasteiger partial charge < -0.3 is 0 Å². The Morgan fingerprint density at radius 1 is 0.857 bits per heavy atom. The quantitative estimate of drug-likeness (QED) is 0.311. The third-order valence-electron chi connectivity index (χ3n) is 7.27. The Hall–Kier alpha value is -4.25. The average Bonchev–Trinajstić information content (AvgIpc) is 3.43. The van der Waals surface area contributed by atoms with E-state index in [9.17, 15) is 4.79 Å². The highest BCUT2D eigenvalue weighted by Gasteiger charge is 2.27. The molecule has 1 aliphatic heterocycles. The van der Waals surface area contributed by atoms with Gasteiger partial charge in [0.25, 0.3) is 5.56 Å². The van der Waals surface area contributed by atoms with Crippen molar-refractivity contribution in [2.75, 3.05) is 5.01 Å². The van der Waals surface area contributed by atoms with Gasteiger partial charge in [0.2, 0.25) is 0 Å². The molecule has 0 saturated heterocycles. The predicted octanol–water partition coefficient (Wildman–Crippen LogP) is 6.21. The molecule has 6 aromatic rings. The molecule has 1 atom stereocenters. The second kappa shape index (κ2) is 7.12. The summed E-state index contributed by atoms with van der Waals surface area (Å²) in [5, 5.41) is 10.9. The number of hydrogen-bond donors (Lipinski definition) is 0. The molecule has 2 aromatic heterocycles. The molecule has 0 spiro atoms. The maximum absolute atomic E-state index is 13.7. The summed E-state index contributed by atoms with van der Waals surface area (Å²) in [4.78, 5) is 18.6. The molecule has 0 bridgehead atoms. The van der Waals surface area contributed by atoms with Crippen LogP contribution in [0.4, 0.5) is 5.69 Å². The number of aryl methyl sites for hydroxylation is 2. The van der Waals surface area contributed by atoms with Gasteiger partial charge >= 0.3 is 0 Å². The van der Waals surface area contributed by atoms with Crippen LogP contribution in [-0.2, 0) is 0 Å². The summed E-state index contributed by atoms with van der Waals surface area (Å²) < 4.78 is 1.76. The lowest BCUT2D eigenvalue weighted by atomic mass is 9.94. The fourth-order valence-electron chi connectivity index (χ4n) is 5.53. The fourth-order valence-corrected chi connectivity index (χ4v) is 5.53. The van der Waals surface area contributed by atoms with Crippen molar-refractivity contribution >= 4 is 49.6 Å². The number of hydrazone groups is 1. The molecule has 4 aromatic carbocycles. The van der Waals surface area contributed by atoms with Crippen LogP contribution < -0.4 is 10.6 Å². The van der Waals surface area contributed by atoms with Crippen molar-refractivity contribution in [3.63, 3.8) is 0 Å². The molecule has 3 heterocycles. The SMILES string of the molecule is Cc1ccc(N2N=C(c3ccc4c(=O)n5c6ccc(C)cc6nc5c5cccc3c45)CC2C)cc1. The van der Waals surface area contributed by atoms with Gasteiger partial charge in [-0.15, -0.1) is 0 Å². The van der Waals surface area contributed by atoms with Crippen LogP contribution in [0.25, 0.3) is 38.2 Å². The van der Waals surface area contributed by atoms with E-state index >= 15 is 0 Å². The lowest BCUT2D eigenvalue weighted by Gasteiger charge is -2.19.